The molecule has 0 atom stereocenters. The van der Waals surface area contributed by atoms with Crippen LogP contribution in [0.25, 0.3) is 0 Å². The Morgan fingerprint density at radius 3 is 2.78 bits per heavy atom. The zero-order chi connectivity index (χ0) is 15.8. The van der Waals surface area contributed by atoms with Gasteiger partial charge < -0.3 is 9.42 Å². The first-order chi connectivity index (χ1) is 11.2. The van der Waals surface area contributed by atoms with Crippen molar-refractivity contribution >= 4 is 17.2 Å². The molecule has 6 nitrogen and oxygen atoms in total. The van der Waals surface area contributed by atoms with Crippen molar-refractivity contribution in [3.63, 3.8) is 0 Å². The van der Waals surface area contributed by atoms with Crippen LogP contribution in [0.5, 0.6) is 0 Å². The zero-order valence-corrected chi connectivity index (χ0v) is 14.0. The minimum atomic E-state index is -0.00944. The van der Waals surface area contributed by atoms with Crippen molar-refractivity contribution in [2.45, 2.75) is 32.2 Å². The fraction of sp³-hybridized carbons (Fsp3) is 0.562. The van der Waals surface area contributed by atoms with E-state index in [1.807, 2.05) is 17.9 Å². The predicted molar refractivity (Wildman–Crippen MR) is 86.5 cm³/mol. The van der Waals surface area contributed by atoms with Crippen LogP contribution in [0, 0.1) is 6.92 Å². The highest BCUT2D eigenvalue weighted by molar-refractivity contribution is 7.09. The number of aryl methyl sites for hydroxylation is 1. The Kier molecular flexibility index (Phi) is 3.90. The molecule has 1 aliphatic heterocycles. The summed E-state index contributed by atoms with van der Waals surface area (Å²) >= 11 is 1.68. The van der Waals surface area contributed by atoms with E-state index in [9.17, 15) is 4.79 Å². The average Bonchev–Trinajstić information content (AvgIpc) is 3.15. The van der Waals surface area contributed by atoms with E-state index in [0.717, 1.165) is 62.0 Å². The molecule has 0 N–H and O–H groups in total. The molecule has 4 rings (SSSR count). The lowest BCUT2D eigenvalue weighted by Crippen LogP contribution is -2.48. The first-order valence-electron chi connectivity index (χ1n) is 8.08. The van der Waals surface area contributed by atoms with E-state index in [1.54, 1.807) is 11.3 Å². The van der Waals surface area contributed by atoms with Gasteiger partial charge in [-0.2, -0.15) is 0 Å². The lowest BCUT2D eigenvalue weighted by molar-refractivity contribution is 0.0617. The molecule has 7 heteroatoms. The number of thiazole rings is 1. The molecule has 2 aromatic rings. The monoisotopic (exact) mass is 332 g/mol. The Bertz CT molecular complexity index is 699. The van der Waals surface area contributed by atoms with Gasteiger partial charge in [-0.05, 0) is 19.8 Å². The molecule has 1 aliphatic carbocycles. The highest BCUT2D eigenvalue weighted by atomic mass is 32.1. The fourth-order valence-corrected chi connectivity index (χ4v) is 3.54. The summed E-state index contributed by atoms with van der Waals surface area (Å²) in [4.78, 5) is 21.2. The molecule has 1 saturated carbocycles. The summed E-state index contributed by atoms with van der Waals surface area (Å²) in [5, 5.41) is 7.17. The Hall–Kier alpha value is -1.73. The Labute approximate surface area is 139 Å². The smallest absolute Gasteiger partial charge is 0.276 e. The molecule has 0 radical (unpaired) electrons. The van der Waals surface area contributed by atoms with Crippen LogP contribution in [0.3, 0.4) is 0 Å². The van der Waals surface area contributed by atoms with Gasteiger partial charge >= 0.3 is 0 Å². The van der Waals surface area contributed by atoms with Gasteiger partial charge in [0.25, 0.3) is 5.91 Å². The molecular weight excluding hydrogens is 312 g/mol. The normalized spacial score (nSPS) is 19.3. The fourth-order valence-electron chi connectivity index (χ4n) is 2.93. The molecule has 0 unspecified atom stereocenters. The second kappa shape index (κ2) is 6.05. The van der Waals surface area contributed by atoms with E-state index >= 15 is 0 Å². The number of aromatic nitrogens is 2. The van der Waals surface area contributed by atoms with Crippen molar-refractivity contribution in [2.75, 3.05) is 26.2 Å². The van der Waals surface area contributed by atoms with Gasteiger partial charge in [-0.1, -0.05) is 5.16 Å². The van der Waals surface area contributed by atoms with Crippen LogP contribution in [-0.4, -0.2) is 52.0 Å². The van der Waals surface area contributed by atoms with Crippen LogP contribution in [0.15, 0.2) is 16.0 Å². The predicted octanol–water partition coefficient (Wildman–Crippen LogP) is 2.27. The third kappa shape index (κ3) is 3.30. The topological polar surface area (TPSA) is 62.5 Å². The van der Waals surface area contributed by atoms with Crippen molar-refractivity contribution in [1.82, 2.24) is 19.9 Å². The van der Waals surface area contributed by atoms with E-state index in [1.165, 1.54) is 0 Å². The second-order valence-electron chi connectivity index (χ2n) is 6.32. The number of hydrogen-bond donors (Lipinski definition) is 0. The maximum absolute atomic E-state index is 12.5. The van der Waals surface area contributed by atoms with Crippen LogP contribution in [0.1, 0.15) is 45.7 Å². The molecule has 0 bridgehead atoms. The van der Waals surface area contributed by atoms with E-state index in [-0.39, 0.29) is 5.91 Å². The van der Waals surface area contributed by atoms with Gasteiger partial charge in [0, 0.05) is 50.1 Å². The second-order valence-corrected chi connectivity index (χ2v) is 7.38. The first kappa shape index (κ1) is 14.8. The quantitative estimate of drug-likeness (QED) is 0.859. The van der Waals surface area contributed by atoms with Crippen molar-refractivity contribution in [2.24, 2.45) is 0 Å². The van der Waals surface area contributed by atoms with Gasteiger partial charge in [-0.25, -0.2) is 4.98 Å². The van der Waals surface area contributed by atoms with Crippen LogP contribution in [-0.2, 0) is 6.54 Å². The lowest BCUT2D eigenvalue weighted by Gasteiger charge is -2.33. The minimum Gasteiger partial charge on any atom is -0.360 e. The van der Waals surface area contributed by atoms with E-state index < -0.39 is 0 Å². The first-order valence-corrected chi connectivity index (χ1v) is 8.96. The third-order valence-corrected chi connectivity index (χ3v) is 5.26. The summed E-state index contributed by atoms with van der Waals surface area (Å²) in [6, 6.07) is 1.82. The van der Waals surface area contributed by atoms with Gasteiger partial charge in [0.1, 0.15) is 5.76 Å². The molecule has 122 valence electrons. The molecule has 2 aromatic heterocycles. The minimum absolute atomic E-state index is 0.00944. The van der Waals surface area contributed by atoms with Crippen molar-refractivity contribution in [3.8, 4) is 0 Å². The Morgan fingerprint density at radius 1 is 1.35 bits per heavy atom. The molecule has 0 aromatic carbocycles. The van der Waals surface area contributed by atoms with Gasteiger partial charge in [0.15, 0.2) is 5.69 Å². The molecular formula is C16H20N4O2S. The molecule has 0 spiro atoms. The van der Waals surface area contributed by atoms with E-state index in [4.69, 9.17) is 4.52 Å². The standard InChI is InChI=1S/C16H20N4O2S/c1-11-17-13(10-23-11)9-19-4-6-20(7-5-19)16(21)14-8-15(22-18-14)12-2-3-12/h8,10,12H,2-7,9H2,1H3. The van der Waals surface area contributed by atoms with Gasteiger partial charge in [0.05, 0.1) is 10.7 Å². The van der Waals surface area contributed by atoms with Crippen LogP contribution >= 0.6 is 11.3 Å². The van der Waals surface area contributed by atoms with E-state index in [0.29, 0.717) is 11.6 Å². The van der Waals surface area contributed by atoms with E-state index in [2.05, 4.69) is 20.4 Å². The molecule has 1 saturated heterocycles. The summed E-state index contributed by atoms with van der Waals surface area (Å²) in [5.74, 6) is 1.35. The lowest BCUT2D eigenvalue weighted by atomic mass is 10.2. The summed E-state index contributed by atoms with van der Waals surface area (Å²) in [6.07, 6.45) is 2.30. The largest absolute Gasteiger partial charge is 0.360 e. The molecule has 2 fully saturated rings. The molecule has 23 heavy (non-hydrogen) atoms. The van der Waals surface area contributed by atoms with Crippen LogP contribution < -0.4 is 0 Å². The third-order valence-electron chi connectivity index (χ3n) is 4.44. The summed E-state index contributed by atoms with van der Waals surface area (Å²) in [5.41, 5.74) is 1.58. The summed E-state index contributed by atoms with van der Waals surface area (Å²) in [6.45, 7) is 6.09. The molecule has 1 amide bonds. The SMILES string of the molecule is Cc1nc(CN2CCN(C(=O)c3cc(C4CC4)on3)CC2)cs1. The number of rotatable bonds is 4. The van der Waals surface area contributed by atoms with Crippen LogP contribution in [0.4, 0.5) is 0 Å². The van der Waals surface area contributed by atoms with Gasteiger partial charge in [0.2, 0.25) is 0 Å². The van der Waals surface area contributed by atoms with Gasteiger partial charge in [-0.3, -0.25) is 9.69 Å². The number of nitrogens with zero attached hydrogens (tertiary/aromatic N) is 4. The number of hydrogen-bond acceptors (Lipinski definition) is 6. The molecule has 3 heterocycles. The number of carbonyl (C=O) groups excluding carboxylic acids is 1. The van der Waals surface area contributed by atoms with Crippen LogP contribution in [0.2, 0.25) is 0 Å². The van der Waals surface area contributed by atoms with Crippen molar-refractivity contribution < 1.29 is 9.32 Å². The highest BCUT2D eigenvalue weighted by Gasteiger charge is 2.30. The Balaban J connectivity index is 1.32. The number of amides is 1. The van der Waals surface area contributed by atoms with Gasteiger partial charge in [-0.15, -0.1) is 11.3 Å². The summed E-state index contributed by atoms with van der Waals surface area (Å²) < 4.78 is 5.29. The molecule has 2 aliphatic rings. The maximum atomic E-state index is 12.5. The zero-order valence-electron chi connectivity index (χ0n) is 13.2. The van der Waals surface area contributed by atoms with Crippen molar-refractivity contribution in [1.29, 1.82) is 0 Å². The Morgan fingerprint density at radius 2 is 2.13 bits per heavy atom. The number of carbonyl (C=O) groups is 1. The average molecular weight is 332 g/mol. The highest BCUT2D eigenvalue weighted by Crippen LogP contribution is 2.40. The summed E-state index contributed by atoms with van der Waals surface area (Å²) in [7, 11) is 0. The number of piperazine rings is 1. The van der Waals surface area contributed by atoms with Crippen molar-refractivity contribution in [3.05, 3.63) is 33.6 Å². The maximum Gasteiger partial charge on any atom is 0.276 e.